The van der Waals surface area contributed by atoms with Crippen molar-refractivity contribution in [2.24, 2.45) is 0 Å². The van der Waals surface area contributed by atoms with Crippen molar-refractivity contribution in [2.75, 3.05) is 12.3 Å². The van der Waals surface area contributed by atoms with Gasteiger partial charge in [0.15, 0.2) is 0 Å². The van der Waals surface area contributed by atoms with E-state index in [9.17, 15) is 0 Å². The molecule has 0 aliphatic carbocycles. The van der Waals surface area contributed by atoms with Crippen LogP contribution in [0.3, 0.4) is 0 Å². The Kier molecular flexibility index (Phi) is 17.7. The van der Waals surface area contributed by atoms with Crippen molar-refractivity contribution in [3.63, 3.8) is 0 Å². The molecular formula is C15H36P2. The average molecular weight is 278 g/mol. The molecule has 2 heteroatoms. The van der Waals surface area contributed by atoms with Crippen LogP contribution in [-0.2, 0) is 0 Å². The summed E-state index contributed by atoms with van der Waals surface area (Å²) in [5, 5.41) is 0. The van der Waals surface area contributed by atoms with Gasteiger partial charge in [0, 0.05) is 0 Å². The van der Waals surface area contributed by atoms with Crippen molar-refractivity contribution in [1.29, 1.82) is 0 Å². The molecule has 0 aromatic carbocycles. The Bertz CT molecular complexity index is 112. The zero-order valence-electron chi connectivity index (χ0n) is 12.4. The molecule has 0 bridgehead atoms. The summed E-state index contributed by atoms with van der Waals surface area (Å²) in [5.41, 5.74) is 0. The van der Waals surface area contributed by atoms with Crippen LogP contribution < -0.4 is 0 Å². The van der Waals surface area contributed by atoms with Gasteiger partial charge in [0.05, 0.1) is 0 Å². The van der Waals surface area contributed by atoms with Gasteiger partial charge in [0.2, 0.25) is 0 Å². The van der Waals surface area contributed by atoms with Crippen molar-refractivity contribution in [1.82, 2.24) is 0 Å². The first kappa shape index (κ1) is 17.9. The van der Waals surface area contributed by atoms with Crippen molar-refractivity contribution >= 4 is 16.5 Å². The minimum absolute atomic E-state index is 0.364. The summed E-state index contributed by atoms with van der Waals surface area (Å²) in [6, 6.07) is 0. The molecule has 0 saturated carbocycles. The number of hydrogen-bond donors (Lipinski definition) is 0. The summed E-state index contributed by atoms with van der Waals surface area (Å²) in [6.07, 6.45) is 19.5. The van der Waals surface area contributed by atoms with E-state index < -0.39 is 0 Å². The van der Waals surface area contributed by atoms with Crippen LogP contribution in [-0.4, -0.2) is 12.3 Å². The van der Waals surface area contributed by atoms with Crippen LogP contribution >= 0.6 is 16.5 Å². The van der Waals surface area contributed by atoms with Crippen molar-refractivity contribution in [2.45, 2.75) is 84.5 Å². The molecule has 0 amide bonds. The zero-order valence-corrected chi connectivity index (χ0v) is 14.8. The molecule has 106 valence electrons. The van der Waals surface area contributed by atoms with E-state index in [1.807, 2.05) is 0 Å². The summed E-state index contributed by atoms with van der Waals surface area (Å²) < 4.78 is 0. The molecule has 0 radical (unpaired) electrons. The van der Waals surface area contributed by atoms with Gasteiger partial charge in [0.25, 0.3) is 0 Å². The van der Waals surface area contributed by atoms with Crippen molar-refractivity contribution in [3.8, 4) is 0 Å². The second kappa shape index (κ2) is 16.9. The fraction of sp³-hybridized carbons (Fsp3) is 1.00. The first-order valence-corrected chi connectivity index (χ1v) is 12.7. The molecule has 0 aromatic rings. The van der Waals surface area contributed by atoms with Gasteiger partial charge in [0.1, 0.15) is 0 Å². The molecule has 0 rings (SSSR count). The van der Waals surface area contributed by atoms with Crippen molar-refractivity contribution in [3.05, 3.63) is 0 Å². The normalized spacial score (nSPS) is 11.9. The Balaban J connectivity index is 2.85. The molecule has 1 unspecified atom stereocenters. The van der Waals surface area contributed by atoms with Crippen LogP contribution in [0.25, 0.3) is 0 Å². The van der Waals surface area contributed by atoms with Crippen LogP contribution in [0.4, 0.5) is 0 Å². The van der Waals surface area contributed by atoms with Gasteiger partial charge in [-0.25, -0.2) is 0 Å². The molecule has 1 atom stereocenters. The van der Waals surface area contributed by atoms with Crippen LogP contribution in [0, 0.1) is 0 Å². The van der Waals surface area contributed by atoms with Gasteiger partial charge in [-0.3, -0.25) is 0 Å². The Morgan fingerprint density at radius 2 is 1.18 bits per heavy atom. The summed E-state index contributed by atoms with van der Waals surface area (Å²) in [4.78, 5) is 0. The van der Waals surface area contributed by atoms with Crippen LogP contribution in [0.1, 0.15) is 84.5 Å². The third kappa shape index (κ3) is 16.9. The van der Waals surface area contributed by atoms with Crippen LogP contribution in [0.5, 0.6) is 0 Å². The third-order valence-electron chi connectivity index (χ3n) is 3.41. The Morgan fingerprint density at radius 1 is 0.647 bits per heavy atom. The van der Waals surface area contributed by atoms with E-state index in [1.165, 1.54) is 72.5 Å². The predicted octanol–water partition coefficient (Wildman–Crippen LogP) is 6.05. The molecule has 0 N–H and O–H groups in total. The van der Waals surface area contributed by atoms with Crippen molar-refractivity contribution < 1.29 is 0 Å². The van der Waals surface area contributed by atoms with E-state index >= 15 is 0 Å². The summed E-state index contributed by atoms with van der Waals surface area (Å²) in [6.45, 7) is 4.60. The summed E-state index contributed by atoms with van der Waals surface area (Å²) in [5.74, 6) is 0. The number of rotatable bonds is 14. The van der Waals surface area contributed by atoms with E-state index in [1.54, 1.807) is 18.7 Å². The zero-order chi connectivity index (χ0) is 12.6. The molecule has 17 heavy (non-hydrogen) atoms. The minimum atomic E-state index is 0.364. The molecule has 0 spiro atoms. The summed E-state index contributed by atoms with van der Waals surface area (Å²) in [7, 11) is 1.76. The standard InChI is InChI=1S/C15H36P2/c1-3-5-7-9-10-11-13-15-17-16-14-12-8-6-4-2/h17H,3-15H2,1-2,16H3. The van der Waals surface area contributed by atoms with Gasteiger partial charge in [-0.2, -0.15) is 0 Å². The molecule has 0 saturated heterocycles. The van der Waals surface area contributed by atoms with Gasteiger partial charge in [-0.1, -0.05) is 0 Å². The van der Waals surface area contributed by atoms with E-state index in [0.29, 0.717) is 8.27 Å². The Hall–Kier alpha value is 0.860. The van der Waals surface area contributed by atoms with E-state index in [4.69, 9.17) is 0 Å². The maximum absolute atomic E-state index is 2.31. The van der Waals surface area contributed by atoms with Gasteiger partial charge in [-0.05, 0) is 0 Å². The van der Waals surface area contributed by atoms with E-state index in [2.05, 4.69) is 13.8 Å². The fourth-order valence-corrected chi connectivity index (χ4v) is 6.79. The molecule has 0 fully saturated rings. The maximum atomic E-state index is 2.31. The molecular weight excluding hydrogens is 242 g/mol. The second-order valence-electron chi connectivity index (χ2n) is 5.29. The molecule has 0 aliphatic rings. The van der Waals surface area contributed by atoms with Crippen LogP contribution in [0.2, 0.25) is 0 Å². The van der Waals surface area contributed by atoms with E-state index in [0.717, 1.165) is 0 Å². The molecule has 0 aliphatic heterocycles. The van der Waals surface area contributed by atoms with Crippen LogP contribution in [0.15, 0.2) is 0 Å². The third-order valence-corrected chi connectivity index (χ3v) is 8.51. The Morgan fingerprint density at radius 3 is 1.82 bits per heavy atom. The molecule has 0 nitrogen and oxygen atoms in total. The second-order valence-corrected chi connectivity index (χ2v) is 10.5. The van der Waals surface area contributed by atoms with Gasteiger partial charge >= 0.3 is 113 Å². The quantitative estimate of drug-likeness (QED) is 0.268. The van der Waals surface area contributed by atoms with Gasteiger partial charge in [-0.15, -0.1) is 0 Å². The number of hydrogen-bond acceptors (Lipinski definition) is 0. The van der Waals surface area contributed by atoms with Gasteiger partial charge < -0.3 is 0 Å². The molecule has 0 heterocycles. The Labute approximate surface area is 114 Å². The molecule has 0 aromatic heterocycles. The summed E-state index contributed by atoms with van der Waals surface area (Å²) >= 11 is 0. The van der Waals surface area contributed by atoms with E-state index in [-0.39, 0.29) is 0 Å². The fourth-order valence-electron chi connectivity index (χ4n) is 2.19. The first-order chi connectivity index (χ1) is 8.41. The SMILES string of the molecule is CCCCCCCCCP[PH3]CCCCCC. The monoisotopic (exact) mass is 278 g/mol. The average Bonchev–Trinajstić information content (AvgIpc) is 2.35. The first-order valence-electron chi connectivity index (χ1n) is 8.12. The topological polar surface area (TPSA) is 0 Å². The predicted molar refractivity (Wildman–Crippen MR) is 91.3 cm³/mol. The number of unbranched alkanes of at least 4 members (excludes halogenated alkanes) is 9.